The number of hydrogen-bond donors (Lipinski definition) is 0. The zero-order chi connectivity index (χ0) is 12.5. The van der Waals surface area contributed by atoms with Gasteiger partial charge in [0.25, 0.3) is 5.82 Å². The summed E-state index contributed by atoms with van der Waals surface area (Å²) in [7, 11) is 2.17. The van der Waals surface area contributed by atoms with Crippen LogP contribution >= 0.6 is 0 Å². The van der Waals surface area contributed by atoms with Gasteiger partial charge in [0, 0.05) is 6.42 Å². The van der Waals surface area contributed by atoms with Crippen LogP contribution in [-0.4, -0.2) is 4.57 Å². The van der Waals surface area contributed by atoms with Crippen molar-refractivity contribution in [3.8, 4) is 0 Å². The zero-order valence-corrected chi connectivity index (χ0v) is 11.9. The summed E-state index contributed by atoms with van der Waals surface area (Å²) in [5.41, 5.74) is 0. The van der Waals surface area contributed by atoms with Crippen LogP contribution in [0.3, 0.4) is 0 Å². The maximum Gasteiger partial charge on any atom is 0.256 e. The number of aryl methyl sites for hydroxylation is 2. The number of unbranched alkanes of at least 4 members (excludes halogenated alkanes) is 5. The highest BCUT2D eigenvalue weighted by atomic mass is 15.1. The number of hydrogen-bond acceptors (Lipinski definition) is 0. The van der Waals surface area contributed by atoms with Crippen molar-refractivity contribution < 1.29 is 4.57 Å². The molecule has 0 amide bonds. The van der Waals surface area contributed by atoms with E-state index in [1.54, 1.807) is 0 Å². The van der Waals surface area contributed by atoms with Crippen molar-refractivity contribution in [1.29, 1.82) is 0 Å². The second kappa shape index (κ2) is 8.32. The molecule has 2 heteroatoms. The molecule has 0 aliphatic carbocycles. The molecule has 1 rings (SSSR count). The summed E-state index contributed by atoms with van der Waals surface area (Å²) in [5.74, 6) is 1.50. The van der Waals surface area contributed by atoms with Gasteiger partial charge < -0.3 is 0 Å². The van der Waals surface area contributed by atoms with E-state index in [2.05, 4.69) is 42.4 Å². The molecule has 0 bridgehead atoms. The molecule has 1 aromatic heterocycles. The molecule has 2 nitrogen and oxygen atoms in total. The Kier molecular flexibility index (Phi) is 6.99. The van der Waals surface area contributed by atoms with Crippen molar-refractivity contribution in [3.63, 3.8) is 0 Å². The molecule has 0 atom stereocenters. The van der Waals surface area contributed by atoms with Crippen LogP contribution < -0.4 is 4.57 Å². The van der Waals surface area contributed by atoms with E-state index in [-0.39, 0.29) is 0 Å². The first-order valence-electron chi connectivity index (χ1n) is 7.33. The first kappa shape index (κ1) is 14.3. The summed E-state index contributed by atoms with van der Waals surface area (Å²) in [6.07, 6.45) is 15.1. The number of aromatic nitrogens is 2. The molecular formula is C15H29N2+. The predicted molar refractivity (Wildman–Crippen MR) is 73.0 cm³/mol. The third-order valence-electron chi connectivity index (χ3n) is 3.47. The average molecular weight is 237 g/mol. The maximum absolute atomic E-state index is 2.43. The Hall–Kier alpha value is -0.790. The van der Waals surface area contributed by atoms with Crippen LogP contribution in [0.2, 0.25) is 0 Å². The average Bonchev–Trinajstić information content (AvgIpc) is 2.68. The highest BCUT2D eigenvalue weighted by Crippen LogP contribution is 2.07. The van der Waals surface area contributed by atoms with Crippen molar-refractivity contribution >= 4 is 0 Å². The van der Waals surface area contributed by atoms with Gasteiger partial charge in [-0.25, -0.2) is 9.13 Å². The third-order valence-corrected chi connectivity index (χ3v) is 3.47. The van der Waals surface area contributed by atoms with E-state index in [0.717, 1.165) is 0 Å². The van der Waals surface area contributed by atoms with E-state index in [4.69, 9.17) is 0 Å². The van der Waals surface area contributed by atoms with E-state index < -0.39 is 0 Å². The lowest BCUT2D eigenvalue weighted by Crippen LogP contribution is -2.32. The lowest BCUT2D eigenvalue weighted by atomic mass is 10.1. The highest BCUT2D eigenvalue weighted by Gasteiger charge is 2.12. The van der Waals surface area contributed by atoms with Crippen LogP contribution in [0, 0.1) is 0 Å². The van der Waals surface area contributed by atoms with Gasteiger partial charge in [0.15, 0.2) is 0 Å². The van der Waals surface area contributed by atoms with Crippen LogP contribution in [0.1, 0.15) is 64.6 Å². The normalized spacial score (nSPS) is 11.0. The van der Waals surface area contributed by atoms with Gasteiger partial charge >= 0.3 is 0 Å². The summed E-state index contributed by atoms with van der Waals surface area (Å²) in [6, 6.07) is 0. The summed E-state index contributed by atoms with van der Waals surface area (Å²) >= 11 is 0. The summed E-state index contributed by atoms with van der Waals surface area (Å²) in [4.78, 5) is 0. The molecule has 0 N–H and O–H groups in total. The molecule has 0 radical (unpaired) electrons. The molecule has 0 aliphatic heterocycles. The van der Waals surface area contributed by atoms with E-state index in [1.165, 1.54) is 63.7 Å². The van der Waals surface area contributed by atoms with Crippen LogP contribution in [0.5, 0.6) is 0 Å². The van der Waals surface area contributed by atoms with E-state index in [0.29, 0.717) is 0 Å². The topological polar surface area (TPSA) is 8.81 Å². The quantitative estimate of drug-likeness (QED) is 0.458. The van der Waals surface area contributed by atoms with Crippen LogP contribution in [0.25, 0.3) is 0 Å². The molecule has 0 fully saturated rings. The lowest BCUT2D eigenvalue weighted by Gasteiger charge is -2.02. The minimum atomic E-state index is 1.18. The molecule has 0 aliphatic rings. The van der Waals surface area contributed by atoms with Crippen molar-refractivity contribution in [2.75, 3.05) is 0 Å². The first-order valence-corrected chi connectivity index (χ1v) is 7.33. The second-order valence-electron chi connectivity index (χ2n) is 5.04. The Bertz CT molecular complexity index is 302. The fourth-order valence-electron chi connectivity index (χ4n) is 2.29. The molecule has 98 valence electrons. The molecule has 1 heterocycles. The van der Waals surface area contributed by atoms with Gasteiger partial charge in [-0.1, -0.05) is 46.0 Å². The van der Waals surface area contributed by atoms with Gasteiger partial charge in [0.05, 0.1) is 13.6 Å². The lowest BCUT2D eigenvalue weighted by molar-refractivity contribution is -0.678. The molecule has 17 heavy (non-hydrogen) atoms. The van der Waals surface area contributed by atoms with Crippen LogP contribution in [0.15, 0.2) is 12.4 Å². The monoisotopic (exact) mass is 237 g/mol. The van der Waals surface area contributed by atoms with Gasteiger partial charge in [-0.05, 0) is 12.8 Å². The third kappa shape index (κ3) is 4.93. The second-order valence-corrected chi connectivity index (χ2v) is 5.04. The summed E-state index contributed by atoms with van der Waals surface area (Å²) in [5, 5.41) is 0. The Labute approximate surface area is 107 Å². The van der Waals surface area contributed by atoms with Crippen molar-refractivity contribution in [3.05, 3.63) is 18.2 Å². The molecule has 0 saturated heterocycles. The number of rotatable bonds is 9. The number of nitrogens with zero attached hydrogens (tertiary/aromatic N) is 2. The summed E-state index contributed by atoms with van der Waals surface area (Å²) in [6.45, 7) is 5.71. The van der Waals surface area contributed by atoms with Gasteiger partial charge in [-0.2, -0.15) is 0 Å². The Morgan fingerprint density at radius 1 is 1.00 bits per heavy atom. The van der Waals surface area contributed by atoms with Gasteiger partial charge in [0.1, 0.15) is 12.4 Å². The van der Waals surface area contributed by atoms with Crippen molar-refractivity contribution in [1.82, 2.24) is 4.57 Å². The van der Waals surface area contributed by atoms with Gasteiger partial charge in [-0.3, -0.25) is 0 Å². The standard InChI is InChI=1S/C15H29N2/c1-4-6-8-9-10-11-15-16(3)13-14-17(15)12-7-5-2/h13-14H,4-12H2,1-3H3/q+1. The Balaban J connectivity index is 2.37. The summed E-state index contributed by atoms with van der Waals surface area (Å²) < 4.78 is 4.72. The van der Waals surface area contributed by atoms with E-state index >= 15 is 0 Å². The zero-order valence-electron chi connectivity index (χ0n) is 11.9. The first-order chi connectivity index (χ1) is 8.29. The fraction of sp³-hybridized carbons (Fsp3) is 0.800. The SMILES string of the molecule is CCCCCCCc1n(CCCC)cc[n+]1C. The highest BCUT2D eigenvalue weighted by molar-refractivity contribution is 4.83. The van der Waals surface area contributed by atoms with E-state index in [1.807, 2.05) is 0 Å². The largest absolute Gasteiger partial charge is 0.256 e. The molecule has 0 spiro atoms. The van der Waals surface area contributed by atoms with Crippen molar-refractivity contribution in [2.45, 2.75) is 71.8 Å². The minimum absolute atomic E-state index is 1.18. The predicted octanol–water partition coefficient (Wildman–Crippen LogP) is 3.63. The van der Waals surface area contributed by atoms with Gasteiger partial charge in [-0.15, -0.1) is 0 Å². The van der Waals surface area contributed by atoms with Crippen LogP contribution in [0.4, 0.5) is 0 Å². The maximum atomic E-state index is 2.43. The Morgan fingerprint density at radius 2 is 1.71 bits per heavy atom. The number of imidazole rings is 1. The van der Waals surface area contributed by atoms with Crippen LogP contribution in [-0.2, 0) is 20.0 Å². The van der Waals surface area contributed by atoms with E-state index in [9.17, 15) is 0 Å². The van der Waals surface area contributed by atoms with Crippen molar-refractivity contribution in [2.24, 2.45) is 7.05 Å². The molecule has 0 saturated carbocycles. The molecular weight excluding hydrogens is 208 g/mol. The minimum Gasteiger partial charge on any atom is -0.237 e. The molecule has 1 aromatic rings. The smallest absolute Gasteiger partial charge is 0.237 e. The molecule has 0 unspecified atom stereocenters. The Morgan fingerprint density at radius 3 is 2.41 bits per heavy atom. The fourth-order valence-corrected chi connectivity index (χ4v) is 2.29. The molecule has 0 aromatic carbocycles. The van der Waals surface area contributed by atoms with Gasteiger partial charge in [0.2, 0.25) is 0 Å².